The maximum absolute atomic E-state index is 5.24. The second-order valence-electron chi connectivity index (χ2n) is 8.24. The molecular formula is C32H26IrN2O2. The number of fused-ring (bicyclic) bond motifs is 2. The summed E-state index contributed by atoms with van der Waals surface area (Å²) in [6.07, 6.45) is 0. The summed E-state index contributed by atoms with van der Waals surface area (Å²) < 4.78 is 10.5. The molecule has 0 spiro atoms. The zero-order valence-electron chi connectivity index (χ0n) is 20.6. The second kappa shape index (κ2) is 12.3. The van der Waals surface area contributed by atoms with Crippen molar-refractivity contribution >= 4 is 21.8 Å². The number of para-hydroxylation sites is 2. The van der Waals surface area contributed by atoms with E-state index >= 15 is 0 Å². The fraction of sp³-hybridized carbons (Fsp3) is 0.0625. The number of rotatable bonds is 4. The van der Waals surface area contributed by atoms with Crippen LogP contribution in [-0.4, -0.2) is 24.2 Å². The number of hydrogen-bond donors (Lipinski definition) is 0. The van der Waals surface area contributed by atoms with Gasteiger partial charge in [0, 0.05) is 42.0 Å². The Morgan fingerprint density at radius 2 is 0.892 bits per heavy atom. The normalized spacial score (nSPS) is 10.2. The minimum absolute atomic E-state index is 0. The summed E-state index contributed by atoms with van der Waals surface area (Å²) in [7, 11) is 3.35. The molecule has 0 aliphatic rings. The van der Waals surface area contributed by atoms with Crippen LogP contribution in [0.4, 0.5) is 0 Å². The van der Waals surface area contributed by atoms with E-state index in [1.54, 1.807) is 14.2 Å². The Balaban J connectivity index is 0.000000168. The van der Waals surface area contributed by atoms with Crippen LogP contribution in [0, 0.1) is 0 Å². The molecule has 5 heteroatoms. The van der Waals surface area contributed by atoms with Gasteiger partial charge in [-0.3, -0.25) is 0 Å². The van der Waals surface area contributed by atoms with Crippen molar-refractivity contribution in [1.29, 1.82) is 0 Å². The molecule has 0 saturated carbocycles. The van der Waals surface area contributed by atoms with Crippen LogP contribution < -0.4 is 9.47 Å². The largest absolute Gasteiger partial charge is 0.497 e. The SMILES string of the molecule is COc1cccc(-c2ccc3ccccc3n2)c1.COc1cccc(-c2ccc3ccccc3n2)c1.[Ir]. The molecule has 0 aliphatic heterocycles. The molecule has 4 aromatic carbocycles. The molecule has 0 saturated heterocycles. The van der Waals surface area contributed by atoms with Crippen LogP contribution in [-0.2, 0) is 20.1 Å². The van der Waals surface area contributed by atoms with E-state index in [9.17, 15) is 0 Å². The van der Waals surface area contributed by atoms with Gasteiger partial charge < -0.3 is 9.47 Å². The summed E-state index contributed by atoms with van der Waals surface area (Å²) in [6.45, 7) is 0. The molecule has 4 nitrogen and oxygen atoms in total. The number of methoxy groups -OCH3 is 2. The predicted molar refractivity (Wildman–Crippen MR) is 147 cm³/mol. The smallest absolute Gasteiger partial charge is 0.119 e. The van der Waals surface area contributed by atoms with Crippen molar-refractivity contribution in [2.24, 2.45) is 0 Å². The van der Waals surface area contributed by atoms with Gasteiger partial charge in [-0.15, -0.1) is 0 Å². The molecule has 185 valence electrons. The maximum Gasteiger partial charge on any atom is 0.119 e. The van der Waals surface area contributed by atoms with E-state index < -0.39 is 0 Å². The number of pyridine rings is 2. The van der Waals surface area contributed by atoms with Gasteiger partial charge in [0.25, 0.3) is 0 Å². The summed E-state index contributed by atoms with van der Waals surface area (Å²) in [5.74, 6) is 1.70. The fourth-order valence-electron chi connectivity index (χ4n) is 4.02. The molecule has 2 aromatic heterocycles. The Labute approximate surface area is 230 Å². The molecule has 0 fully saturated rings. The third kappa shape index (κ3) is 6.21. The summed E-state index contributed by atoms with van der Waals surface area (Å²) in [6, 6.07) is 40.4. The molecule has 0 amide bonds. The van der Waals surface area contributed by atoms with Crippen LogP contribution in [0.3, 0.4) is 0 Å². The van der Waals surface area contributed by atoms with E-state index in [1.165, 1.54) is 0 Å². The van der Waals surface area contributed by atoms with E-state index in [1.807, 2.05) is 97.1 Å². The van der Waals surface area contributed by atoms with E-state index in [0.717, 1.165) is 55.8 Å². The van der Waals surface area contributed by atoms with Gasteiger partial charge >= 0.3 is 0 Å². The first-order valence-corrected chi connectivity index (χ1v) is 11.7. The Morgan fingerprint density at radius 1 is 0.459 bits per heavy atom. The predicted octanol–water partition coefficient (Wildman–Crippen LogP) is 7.82. The van der Waals surface area contributed by atoms with E-state index in [-0.39, 0.29) is 20.1 Å². The van der Waals surface area contributed by atoms with E-state index in [0.29, 0.717) is 0 Å². The van der Waals surface area contributed by atoms with E-state index in [4.69, 9.17) is 9.47 Å². The van der Waals surface area contributed by atoms with Crippen LogP contribution in [0.2, 0.25) is 0 Å². The van der Waals surface area contributed by atoms with Gasteiger partial charge in [0.05, 0.1) is 36.6 Å². The minimum atomic E-state index is 0. The van der Waals surface area contributed by atoms with Crippen LogP contribution in [0.25, 0.3) is 44.3 Å². The molecule has 0 aliphatic carbocycles. The first kappa shape index (κ1) is 26.0. The molecule has 0 unspecified atom stereocenters. The van der Waals surface area contributed by atoms with Gasteiger partial charge in [0.15, 0.2) is 0 Å². The van der Waals surface area contributed by atoms with Crippen molar-refractivity contribution in [1.82, 2.24) is 9.97 Å². The molecule has 6 rings (SSSR count). The molecular weight excluding hydrogens is 637 g/mol. The average Bonchev–Trinajstić information content (AvgIpc) is 2.97. The van der Waals surface area contributed by atoms with Crippen LogP contribution >= 0.6 is 0 Å². The Kier molecular flexibility index (Phi) is 8.63. The van der Waals surface area contributed by atoms with Crippen molar-refractivity contribution in [2.45, 2.75) is 0 Å². The van der Waals surface area contributed by atoms with Gasteiger partial charge in [-0.05, 0) is 48.5 Å². The minimum Gasteiger partial charge on any atom is -0.497 e. The van der Waals surface area contributed by atoms with Crippen molar-refractivity contribution in [2.75, 3.05) is 14.2 Å². The fourth-order valence-corrected chi connectivity index (χ4v) is 4.02. The van der Waals surface area contributed by atoms with Gasteiger partial charge in [0.2, 0.25) is 0 Å². The molecule has 0 bridgehead atoms. The number of hydrogen-bond acceptors (Lipinski definition) is 4. The quantitative estimate of drug-likeness (QED) is 0.193. The Bertz CT molecular complexity index is 1510. The summed E-state index contributed by atoms with van der Waals surface area (Å²) in [4.78, 5) is 9.33. The third-order valence-corrected chi connectivity index (χ3v) is 5.93. The summed E-state index contributed by atoms with van der Waals surface area (Å²) in [5.41, 5.74) is 6.09. The Morgan fingerprint density at radius 3 is 1.32 bits per heavy atom. The van der Waals surface area contributed by atoms with Crippen LogP contribution in [0.1, 0.15) is 0 Å². The molecule has 6 aromatic rings. The zero-order valence-corrected chi connectivity index (χ0v) is 23.0. The molecule has 1 radical (unpaired) electrons. The monoisotopic (exact) mass is 663 g/mol. The third-order valence-electron chi connectivity index (χ3n) is 5.93. The van der Waals surface area contributed by atoms with Crippen molar-refractivity contribution in [3.05, 3.63) is 121 Å². The van der Waals surface area contributed by atoms with E-state index in [2.05, 4.69) is 34.2 Å². The molecule has 0 N–H and O–H groups in total. The topological polar surface area (TPSA) is 44.2 Å². The second-order valence-corrected chi connectivity index (χ2v) is 8.24. The van der Waals surface area contributed by atoms with Crippen molar-refractivity contribution in [3.63, 3.8) is 0 Å². The first-order chi connectivity index (χ1) is 17.7. The number of benzene rings is 4. The number of ether oxygens (including phenoxy) is 2. The van der Waals surface area contributed by atoms with Crippen molar-refractivity contribution < 1.29 is 29.6 Å². The standard InChI is InChI=1S/2C16H13NO.Ir/c2*1-18-14-7-4-6-13(11-14)16-10-9-12-5-2-3-8-15(12)17-16;/h2*2-11H,1H3;. The maximum atomic E-state index is 5.24. The number of nitrogens with zero attached hydrogens (tertiary/aromatic N) is 2. The Hall–Kier alpha value is -4.05. The number of aromatic nitrogens is 2. The summed E-state index contributed by atoms with van der Waals surface area (Å²) in [5, 5.41) is 2.31. The van der Waals surface area contributed by atoms with Gasteiger partial charge in [-0.2, -0.15) is 0 Å². The molecule has 37 heavy (non-hydrogen) atoms. The first-order valence-electron chi connectivity index (χ1n) is 11.7. The van der Waals surface area contributed by atoms with Crippen LogP contribution in [0.15, 0.2) is 121 Å². The molecule has 2 heterocycles. The zero-order chi connectivity index (χ0) is 24.7. The van der Waals surface area contributed by atoms with Gasteiger partial charge in [-0.25, -0.2) is 9.97 Å². The van der Waals surface area contributed by atoms with Crippen LogP contribution in [0.5, 0.6) is 11.5 Å². The van der Waals surface area contributed by atoms with Crippen molar-refractivity contribution in [3.8, 4) is 34.0 Å². The average molecular weight is 663 g/mol. The summed E-state index contributed by atoms with van der Waals surface area (Å²) >= 11 is 0. The van der Waals surface area contributed by atoms with Gasteiger partial charge in [0.1, 0.15) is 11.5 Å². The van der Waals surface area contributed by atoms with Gasteiger partial charge in [-0.1, -0.05) is 72.8 Å². The molecule has 0 atom stereocenters.